The molecule has 0 bridgehead atoms. The third kappa shape index (κ3) is 4.35. The van der Waals surface area contributed by atoms with Crippen molar-refractivity contribution < 1.29 is 23.9 Å². The summed E-state index contributed by atoms with van der Waals surface area (Å²) < 4.78 is 13.7. The Morgan fingerprint density at radius 1 is 1.12 bits per heavy atom. The highest BCUT2D eigenvalue weighted by atomic mass is 32.1. The van der Waals surface area contributed by atoms with Crippen LogP contribution in [0.15, 0.2) is 47.5 Å². The predicted molar refractivity (Wildman–Crippen MR) is 121 cm³/mol. The van der Waals surface area contributed by atoms with Gasteiger partial charge in [-0.05, 0) is 43.3 Å². The molecule has 1 aliphatic heterocycles. The van der Waals surface area contributed by atoms with Crippen LogP contribution in [-0.4, -0.2) is 42.6 Å². The number of aromatic nitrogens is 1. The van der Waals surface area contributed by atoms with Crippen LogP contribution in [0.5, 0.6) is 5.75 Å². The first-order chi connectivity index (χ1) is 15.5. The van der Waals surface area contributed by atoms with E-state index in [9.17, 15) is 14.4 Å². The van der Waals surface area contributed by atoms with Gasteiger partial charge < -0.3 is 14.0 Å². The fourth-order valence-electron chi connectivity index (χ4n) is 3.59. The zero-order valence-corrected chi connectivity index (χ0v) is 18.7. The average Bonchev–Trinajstić information content (AvgIpc) is 3.30. The Morgan fingerprint density at radius 2 is 1.91 bits per heavy atom. The van der Waals surface area contributed by atoms with Crippen LogP contribution in [0.3, 0.4) is 0 Å². The molecular weight excluding hydrogens is 430 g/mol. The van der Waals surface area contributed by atoms with Crippen LogP contribution in [0, 0.1) is 0 Å². The van der Waals surface area contributed by atoms with Crippen LogP contribution < -0.4 is 14.4 Å². The molecule has 1 aliphatic rings. The normalized spacial score (nSPS) is 14.6. The fraction of sp³-hybridized carbons (Fsp3) is 0.304. The zero-order chi connectivity index (χ0) is 22.7. The van der Waals surface area contributed by atoms with Gasteiger partial charge in [0, 0.05) is 32.1 Å². The molecule has 2 heterocycles. The lowest BCUT2D eigenvalue weighted by molar-refractivity contribution is -0.121. The number of hydrogen-bond donors (Lipinski definition) is 0. The largest absolute Gasteiger partial charge is 0.494 e. The van der Waals surface area contributed by atoms with Crippen molar-refractivity contribution in [3.8, 4) is 5.75 Å². The van der Waals surface area contributed by atoms with Gasteiger partial charge in [-0.25, -0.2) is 0 Å². The molecule has 1 aromatic heterocycles. The number of benzene rings is 2. The molecule has 1 fully saturated rings. The Labute approximate surface area is 188 Å². The lowest BCUT2D eigenvalue weighted by Gasteiger charge is -2.14. The average molecular weight is 454 g/mol. The SMILES string of the molecule is CCOc1ccc2c(c1)sc(=NC(=O)c1cccc(N3C(=O)CCC3=O)c1)n2CCOC. The second-order valence-electron chi connectivity index (χ2n) is 7.18. The lowest BCUT2D eigenvalue weighted by Crippen LogP contribution is -2.28. The highest BCUT2D eigenvalue weighted by Gasteiger charge is 2.30. The van der Waals surface area contributed by atoms with Gasteiger partial charge in [-0.3, -0.25) is 19.3 Å². The monoisotopic (exact) mass is 453 g/mol. The maximum Gasteiger partial charge on any atom is 0.279 e. The summed E-state index contributed by atoms with van der Waals surface area (Å²) in [4.78, 5) is 43.1. The quantitative estimate of drug-likeness (QED) is 0.513. The molecule has 0 aliphatic carbocycles. The minimum Gasteiger partial charge on any atom is -0.494 e. The van der Waals surface area contributed by atoms with E-state index in [4.69, 9.17) is 9.47 Å². The van der Waals surface area contributed by atoms with Crippen LogP contribution in [0.2, 0.25) is 0 Å². The molecule has 0 N–H and O–H groups in total. The van der Waals surface area contributed by atoms with Gasteiger partial charge in [0.1, 0.15) is 5.75 Å². The number of thiazole rings is 1. The van der Waals surface area contributed by atoms with E-state index in [1.807, 2.05) is 29.7 Å². The van der Waals surface area contributed by atoms with Crippen LogP contribution in [-0.2, 0) is 20.9 Å². The molecule has 3 aromatic rings. The third-order valence-electron chi connectivity index (χ3n) is 5.08. The van der Waals surface area contributed by atoms with E-state index in [1.165, 1.54) is 17.4 Å². The molecule has 2 aromatic carbocycles. The van der Waals surface area contributed by atoms with Crippen molar-refractivity contribution in [3.05, 3.63) is 52.8 Å². The Morgan fingerprint density at radius 3 is 2.62 bits per heavy atom. The van der Waals surface area contributed by atoms with Crippen LogP contribution in [0.4, 0.5) is 5.69 Å². The van der Waals surface area contributed by atoms with E-state index in [-0.39, 0.29) is 24.7 Å². The van der Waals surface area contributed by atoms with E-state index >= 15 is 0 Å². The highest BCUT2D eigenvalue weighted by Crippen LogP contribution is 2.25. The molecule has 1 saturated heterocycles. The topological polar surface area (TPSA) is 90.2 Å². The minimum atomic E-state index is -0.450. The molecular formula is C23H23N3O5S. The van der Waals surface area contributed by atoms with Gasteiger partial charge in [0.2, 0.25) is 11.8 Å². The summed E-state index contributed by atoms with van der Waals surface area (Å²) in [6.07, 6.45) is 0.374. The maximum atomic E-state index is 13.0. The maximum absolute atomic E-state index is 13.0. The summed E-state index contributed by atoms with van der Waals surface area (Å²) in [5, 5.41) is 0. The Balaban J connectivity index is 1.73. The summed E-state index contributed by atoms with van der Waals surface area (Å²) in [7, 11) is 1.62. The second kappa shape index (κ2) is 9.46. The molecule has 0 unspecified atom stereocenters. The first-order valence-corrected chi connectivity index (χ1v) is 11.1. The molecule has 32 heavy (non-hydrogen) atoms. The molecule has 4 rings (SSSR count). The van der Waals surface area contributed by atoms with Crippen molar-refractivity contribution in [1.29, 1.82) is 0 Å². The van der Waals surface area contributed by atoms with E-state index in [0.717, 1.165) is 20.9 Å². The van der Waals surface area contributed by atoms with Gasteiger partial charge in [0.15, 0.2) is 4.80 Å². The molecule has 0 radical (unpaired) electrons. The first-order valence-electron chi connectivity index (χ1n) is 10.3. The number of ether oxygens (including phenoxy) is 2. The van der Waals surface area contributed by atoms with E-state index < -0.39 is 5.91 Å². The number of fused-ring (bicyclic) bond motifs is 1. The highest BCUT2D eigenvalue weighted by molar-refractivity contribution is 7.16. The first kappa shape index (κ1) is 21.9. The van der Waals surface area contributed by atoms with E-state index in [0.29, 0.717) is 35.8 Å². The molecule has 166 valence electrons. The number of hydrogen-bond acceptors (Lipinski definition) is 6. The van der Waals surface area contributed by atoms with Gasteiger partial charge in [0.25, 0.3) is 5.91 Å². The Hall–Kier alpha value is -3.30. The van der Waals surface area contributed by atoms with Crippen molar-refractivity contribution in [3.63, 3.8) is 0 Å². The van der Waals surface area contributed by atoms with Gasteiger partial charge in [0.05, 0.1) is 29.1 Å². The Kier molecular flexibility index (Phi) is 6.48. The van der Waals surface area contributed by atoms with Crippen molar-refractivity contribution >= 4 is 45.0 Å². The van der Waals surface area contributed by atoms with Crippen molar-refractivity contribution in [2.75, 3.05) is 25.2 Å². The van der Waals surface area contributed by atoms with Crippen molar-refractivity contribution in [2.45, 2.75) is 26.3 Å². The van der Waals surface area contributed by atoms with Crippen molar-refractivity contribution in [2.24, 2.45) is 4.99 Å². The summed E-state index contributed by atoms with van der Waals surface area (Å²) in [5.74, 6) is -0.216. The number of anilines is 1. The van der Waals surface area contributed by atoms with Crippen LogP contribution >= 0.6 is 11.3 Å². The molecule has 3 amide bonds. The Bertz CT molecular complexity index is 1240. The molecule has 0 atom stereocenters. The summed E-state index contributed by atoms with van der Waals surface area (Å²) >= 11 is 1.39. The lowest BCUT2D eigenvalue weighted by atomic mass is 10.2. The summed E-state index contributed by atoms with van der Waals surface area (Å²) in [6.45, 7) is 3.49. The third-order valence-corrected chi connectivity index (χ3v) is 6.13. The minimum absolute atomic E-state index is 0.187. The molecule has 8 nitrogen and oxygen atoms in total. The van der Waals surface area contributed by atoms with Gasteiger partial charge >= 0.3 is 0 Å². The van der Waals surface area contributed by atoms with Crippen LogP contribution in [0.1, 0.15) is 30.1 Å². The number of rotatable bonds is 7. The molecule has 9 heteroatoms. The summed E-state index contributed by atoms with van der Waals surface area (Å²) in [6, 6.07) is 12.2. The number of imide groups is 1. The van der Waals surface area contributed by atoms with Crippen molar-refractivity contribution in [1.82, 2.24) is 4.57 Å². The predicted octanol–water partition coefficient (Wildman–Crippen LogP) is 3.14. The van der Waals surface area contributed by atoms with Gasteiger partial charge in [-0.2, -0.15) is 4.99 Å². The number of amides is 3. The number of carbonyl (C=O) groups excluding carboxylic acids is 3. The number of methoxy groups -OCH3 is 1. The fourth-order valence-corrected chi connectivity index (χ4v) is 4.67. The summed E-state index contributed by atoms with van der Waals surface area (Å²) in [5.41, 5.74) is 1.63. The zero-order valence-electron chi connectivity index (χ0n) is 17.9. The van der Waals surface area contributed by atoms with Crippen LogP contribution in [0.25, 0.3) is 10.2 Å². The van der Waals surface area contributed by atoms with E-state index in [2.05, 4.69) is 4.99 Å². The van der Waals surface area contributed by atoms with E-state index in [1.54, 1.807) is 25.3 Å². The standard InChI is InChI=1S/C23H23N3O5S/c1-3-31-17-7-8-18-19(14-17)32-23(25(18)11-12-30-2)24-22(29)15-5-4-6-16(13-15)26-20(27)9-10-21(26)28/h4-8,13-14H,3,9-12H2,1-2H3. The van der Waals surface area contributed by atoms with Gasteiger partial charge in [-0.1, -0.05) is 17.4 Å². The van der Waals surface area contributed by atoms with Gasteiger partial charge in [-0.15, -0.1) is 0 Å². The molecule has 0 spiro atoms. The number of nitrogens with zero attached hydrogens (tertiary/aromatic N) is 3. The number of carbonyl (C=O) groups is 3. The smallest absolute Gasteiger partial charge is 0.279 e. The molecule has 0 saturated carbocycles. The second-order valence-corrected chi connectivity index (χ2v) is 8.19.